The number of anilines is 2. The number of hydrogen-bond donors (Lipinski definition) is 3. The molecule has 3 unspecified atom stereocenters. The van der Waals surface area contributed by atoms with Crippen LogP contribution in [0.1, 0.15) is 111 Å². The van der Waals surface area contributed by atoms with Crippen molar-refractivity contribution in [2.45, 2.75) is 106 Å². The van der Waals surface area contributed by atoms with Crippen LogP contribution in [-0.2, 0) is 23.9 Å². The van der Waals surface area contributed by atoms with Crippen molar-refractivity contribution in [3.8, 4) is 0 Å². The molecule has 5 aromatic carbocycles. The van der Waals surface area contributed by atoms with Gasteiger partial charge < -0.3 is 43.7 Å². The monoisotopic (exact) mass is 1250 g/mol. The van der Waals surface area contributed by atoms with E-state index in [1.54, 1.807) is 82.2 Å². The SMILES string of the molecule is CC(=O)OCC(CC(C)C)n1ccc2c(N)cccc2c1=O.CC(=O)OCC(CC(C)C)n1ccc2c([N+](=O)[O-])cccc2c1=O.CC(C)CC(CO)n1ccc2c(NC(=O)[C@H](C)c3ccc(Cl)cc3)cccc2c1=O.O=c1occc2c([N+](=O)[O-])cccc12. The highest BCUT2D eigenvalue weighted by atomic mass is 35.5. The van der Waals surface area contributed by atoms with Gasteiger partial charge in [0.2, 0.25) is 5.91 Å². The maximum absolute atomic E-state index is 13.1. The van der Waals surface area contributed by atoms with Gasteiger partial charge in [-0.05, 0) is 122 Å². The summed E-state index contributed by atoms with van der Waals surface area (Å²) in [5.41, 5.74) is 6.59. The fourth-order valence-corrected chi connectivity index (χ4v) is 10.4. The van der Waals surface area contributed by atoms with Gasteiger partial charge in [-0.25, -0.2) is 4.79 Å². The van der Waals surface area contributed by atoms with Gasteiger partial charge in [-0.3, -0.25) is 49.0 Å². The minimum Gasteiger partial charge on any atom is -0.464 e. The Kier molecular flexibility index (Phi) is 24.6. The molecule has 4 heterocycles. The van der Waals surface area contributed by atoms with E-state index in [9.17, 15) is 58.9 Å². The van der Waals surface area contributed by atoms with Crippen LogP contribution < -0.4 is 33.4 Å². The largest absolute Gasteiger partial charge is 0.464 e. The van der Waals surface area contributed by atoms with Gasteiger partial charge >= 0.3 is 17.6 Å². The lowest BCUT2D eigenvalue weighted by atomic mass is 10.00. The summed E-state index contributed by atoms with van der Waals surface area (Å²) in [5.74, 6) is -0.267. The van der Waals surface area contributed by atoms with Gasteiger partial charge in [-0.2, -0.15) is 0 Å². The number of aromatic nitrogens is 3. The topological polar surface area (TPSA) is 310 Å². The lowest BCUT2D eigenvalue weighted by Gasteiger charge is -2.22. The van der Waals surface area contributed by atoms with Gasteiger partial charge in [-0.1, -0.05) is 89.5 Å². The molecule has 1 amide bonds. The number of ether oxygens (including phenoxy) is 2. The number of amides is 1. The van der Waals surface area contributed by atoms with Gasteiger partial charge in [0.25, 0.3) is 28.1 Å². The zero-order valence-corrected chi connectivity index (χ0v) is 52.3. The number of aliphatic hydroxyl groups is 1. The predicted octanol–water partition coefficient (Wildman–Crippen LogP) is 12.5. The molecule has 0 saturated carbocycles. The second-order valence-electron chi connectivity index (χ2n) is 22.8. The van der Waals surface area contributed by atoms with Crippen molar-refractivity contribution in [3.05, 3.63) is 218 Å². The quantitative estimate of drug-likeness (QED) is 0.0293. The number of nitrogens with one attached hydrogen (secondary N) is 1. The number of carbonyl (C=O) groups is 3. The lowest BCUT2D eigenvalue weighted by molar-refractivity contribution is -0.383. The summed E-state index contributed by atoms with van der Waals surface area (Å²) in [4.78, 5) is 105. The summed E-state index contributed by atoms with van der Waals surface area (Å²) in [6, 6.07) is 32.4. The summed E-state index contributed by atoms with van der Waals surface area (Å²) in [7, 11) is 0. The molecule has 474 valence electrons. The second-order valence-corrected chi connectivity index (χ2v) is 23.2. The number of carbonyl (C=O) groups excluding carboxylic acids is 3. The molecule has 0 aliphatic carbocycles. The first-order valence-corrected chi connectivity index (χ1v) is 29.5. The van der Waals surface area contributed by atoms with E-state index in [1.807, 2.05) is 45.0 Å². The molecule has 4 atom stereocenters. The molecule has 0 fully saturated rings. The zero-order valence-electron chi connectivity index (χ0n) is 51.5. The van der Waals surface area contributed by atoms with Crippen molar-refractivity contribution < 1.29 is 43.2 Å². The number of nitrogens with two attached hydrogens (primary N) is 1. The number of nitro groups is 2. The summed E-state index contributed by atoms with van der Waals surface area (Å²) < 4.78 is 19.5. The zero-order chi connectivity index (χ0) is 66.1. The number of nitrogen functional groups attached to an aromatic ring is 1. The number of hydrogen-bond acceptors (Lipinski definition) is 16. The van der Waals surface area contributed by atoms with Crippen LogP contribution in [0.2, 0.25) is 5.02 Å². The number of nitrogens with zero attached hydrogens (tertiary/aromatic N) is 5. The van der Waals surface area contributed by atoms with Crippen LogP contribution in [0.5, 0.6) is 0 Å². The molecule has 23 heteroatoms. The summed E-state index contributed by atoms with van der Waals surface area (Å²) in [6.45, 7) is 17.0. The number of pyridine rings is 3. The highest BCUT2D eigenvalue weighted by molar-refractivity contribution is 6.30. The summed E-state index contributed by atoms with van der Waals surface area (Å²) in [6.07, 6.45) is 8.22. The smallest absolute Gasteiger partial charge is 0.343 e. The highest BCUT2D eigenvalue weighted by Gasteiger charge is 2.23. The summed E-state index contributed by atoms with van der Waals surface area (Å²) >= 11 is 5.93. The third-order valence-electron chi connectivity index (χ3n) is 14.6. The van der Waals surface area contributed by atoms with Gasteiger partial charge in [-0.15, -0.1) is 0 Å². The molecule has 9 aromatic rings. The Labute approximate surface area is 522 Å². The first kappa shape index (κ1) is 69.3. The molecular weight excluding hydrogens is 1180 g/mol. The average Bonchev–Trinajstić information content (AvgIpc) is 1.09. The number of nitro benzene ring substituents is 2. The van der Waals surface area contributed by atoms with E-state index < -0.39 is 21.4 Å². The van der Waals surface area contributed by atoms with Crippen LogP contribution in [0, 0.1) is 38.0 Å². The van der Waals surface area contributed by atoms with Crippen LogP contribution in [-0.4, -0.2) is 66.3 Å². The average molecular weight is 1250 g/mol. The number of fused-ring (bicyclic) bond motifs is 4. The van der Waals surface area contributed by atoms with Gasteiger partial charge in [0.05, 0.1) is 68.3 Å². The highest BCUT2D eigenvalue weighted by Crippen LogP contribution is 2.29. The number of esters is 2. The first-order valence-electron chi connectivity index (χ1n) is 29.1. The van der Waals surface area contributed by atoms with Crippen molar-refractivity contribution >= 4 is 95.3 Å². The molecular formula is C67H74ClN7O15. The molecule has 0 aliphatic heterocycles. The van der Waals surface area contributed by atoms with Crippen molar-refractivity contribution in [2.24, 2.45) is 17.8 Å². The number of non-ortho nitro benzene ring substituents is 2. The maximum atomic E-state index is 13.1. The molecule has 0 aliphatic rings. The van der Waals surface area contributed by atoms with Crippen LogP contribution in [0.25, 0.3) is 43.1 Å². The first-order chi connectivity index (χ1) is 42.7. The van der Waals surface area contributed by atoms with Gasteiger partial charge in [0.1, 0.15) is 13.2 Å². The van der Waals surface area contributed by atoms with Crippen LogP contribution in [0.3, 0.4) is 0 Å². The number of rotatable bonds is 19. The Balaban J connectivity index is 0.000000196. The Morgan fingerprint density at radius 1 is 0.556 bits per heavy atom. The Morgan fingerprint density at radius 3 is 1.44 bits per heavy atom. The Hall–Kier alpha value is -9.80. The van der Waals surface area contributed by atoms with E-state index >= 15 is 0 Å². The van der Waals surface area contributed by atoms with Crippen molar-refractivity contribution in [2.75, 3.05) is 30.9 Å². The van der Waals surface area contributed by atoms with Gasteiger partial charge in [0, 0.05) is 82.5 Å². The second kappa shape index (κ2) is 31.9. The molecule has 9 rings (SSSR count). The third-order valence-corrected chi connectivity index (χ3v) is 14.9. The summed E-state index contributed by atoms with van der Waals surface area (Å²) in [5, 5.41) is 38.7. The molecule has 0 saturated heterocycles. The standard InChI is InChI=1S/C24H27ClN2O3.C17H20N2O5.C17H22N2O3.C9H5NO4/c1-15(2)13-19(14-28)27-12-11-20-21(24(27)30)5-4-6-22(20)26-23(29)16(3)17-7-9-18(25)10-8-17;1-11(2)9-13(10-24-12(3)20)18-8-7-14-15(17(18)21)5-4-6-16(14)19(22)23;1-11(2)9-13(10-22-12(3)20)19-8-7-14-15(17(19)21)5-4-6-16(14)18;11-9-7-2-1-3-8(10(12)13)6(7)4-5-14-9/h4-12,15-16,19,28H,13-14H2,1-3H3,(H,26,29);4-8,11,13H,9-10H2,1-3H3;4-8,11,13H,9-10,18H2,1-3H3;1-5H/t16-,19?;;;/m1.../s1. The van der Waals surface area contributed by atoms with Crippen molar-refractivity contribution in [3.63, 3.8) is 0 Å². The third kappa shape index (κ3) is 17.9. The molecule has 0 radical (unpaired) electrons. The van der Waals surface area contributed by atoms with Crippen molar-refractivity contribution in [1.82, 2.24) is 13.7 Å². The molecule has 4 aromatic heterocycles. The minimum absolute atomic E-state index is 0.0876. The van der Waals surface area contributed by atoms with Gasteiger partial charge in [0.15, 0.2) is 0 Å². The molecule has 0 spiro atoms. The Morgan fingerprint density at radius 2 is 0.967 bits per heavy atom. The van der Waals surface area contributed by atoms with E-state index in [2.05, 4.69) is 37.4 Å². The van der Waals surface area contributed by atoms with E-state index in [4.69, 9.17) is 26.8 Å². The Bertz CT molecular complexity index is 4290. The fraction of sp³-hybridized carbons (Fsp3) is 0.328. The molecule has 4 N–H and O–H groups in total. The number of benzene rings is 5. The minimum atomic E-state index is -0.564. The van der Waals surface area contributed by atoms with Crippen LogP contribution >= 0.6 is 11.6 Å². The van der Waals surface area contributed by atoms with E-state index in [-0.39, 0.29) is 94.6 Å². The van der Waals surface area contributed by atoms with Crippen molar-refractivity contribution in [1.29, 1.82) is 0 Å². The molecule has 90 heavy (non-hydrogen) atoms. The number of aliphatic hydroxyl groups excluding tert-OH is 1. The predicted molar refractivity (Wildman–Crippen MR) is 349 cm³/mol. The molecule has 22 nitrogen and oxygen atoms in total. The number of halogens is 1. The van der Waals surface area contributed by atoms with E-state index in [0.717, 1.165) is 23.6 Å². The van der Waals surface area contributed by atoms with Crippen LogP contribution in [0.4, 0.5) is 22.7 Å². The fourth-order valence-electron chi connectivity index (χ4n) is 10.3. The normalized spacial score (nSPS) is 12.4. The molecule has 0 bridgehead atoms. The van der Waals surface area contributed by atoms with E-state index in [1.165, 1.54) is 61.0 Å². The van der Waals surface area contributed by atoms with E-state index in [0.29, 0.717) is 73.9 Å². The van der Waals surface area contributed by atoms with Crippen LogP contribution in [0.15, 0.2) is 170 Å². The maximum Gasteiger partial charge on any atom is 0.343 e. The lowest BCUT2D eigenvalue weighted by Crippen LogP contribution is -2.29.